The molecule has 106 valence electrons. The third-order valence-corrected chi connectivity index (χ3v) is 4.60. The first-order chi connectivity index (χ1) is 9.42. The molecule has 0 atom stereocenters. The molecule has 2 aromatic rings. The zero-order valence-corrected chi connectivity index (χ0v) is 12.4. The van der Waals surface area contributed by atoms with Gasteiger partial charge in [-0.1, -0.05) is 29.8 Å². The molecule has 0 heterocycles. The number of benzene rings is 2. The van der Waals surface area contributed by atoms with Crippen molar-refractivity contribution in [3.05, 3.63) is 58.6 Å². The standard InChI is InChI=1S/C14H14ClNO3S/c1-10-5-6-14(13(15)7-10)20(18,19)16-12-4-2-3-11(8-12)9-17/h2-8,16-17H,9H2,1H3. The zero-order chi connectivity index (χ0) is 14.8. The number of sulfonamides is 1. The molecule has 0 aliphatic carbocycles. The highest BCUT2D eigenvalue weighted by Crippen LogP contribution is 2.25. The Morgan fingerprint density at radius 3 is 2.60 bits per heavy atom. The maximum Gasteiger partial charge on any atom is 0.263 e. The summed E-state index contributed by atoms with van der Waals surface area (Å²) < 4.78 is 27.0. The Balaban J connectivity index is 2.35. The monoisotopic (exact) mass is 311 g/mol. The molecule has 0 saturated carbocycles. The highest BCUT2D eigenvalue weighted by molar-refractivity contribution is 7.92. The summed E-state index contributed by atoms with van der Waals surface area (Å²) in [6.07, 6.45) is 0. The molecule has 0 radical (unpaired) electrons. The van der Waals surface area contributed by atoms with E-state index in [1.807, 2.05) is 6.92 Å². The summed E-state index contributed by atoms with van der Waals surface area (Å²) in [5.41, 5.74) is 1.89. The van der Waals surface area contributed by atoms with Crippen molar-refractivity contribution in [1.82, 2.24) is 0 Å². The first-order valence-corrected chi connectivity index (χ1v) is 7.77. The molecule has 0 fully saturated rings. The highest BCUT2D eigenvalue weighted by atomic mass is 35.5. The molecule has 0 aliphatic heterocycles. The number of hydrogen-bond donors (Lipinski definition) is 2. The van der Waals surface area contributed by atoms with Crippen molar-refractivity contribution in [3.8, 4) is 0 Å². The Morgan fingerprint density at radius 1 is 1.20 bits per heavy atom. The fourth-order valence-electron chi connectivity index (χ4n) is 1.77. The van der Waals surface area contributed by atoms with Crippen molar-refractivity contribution in [1.29, 1.82) is 0 Å². The van der Waals surface area contributed by atoms with Crippen LogP contribution < -0.4 is 4.72 Å². The van der Waals surface area contributed by atoms with Crippen LogP contribution in [0, 0.1) is 6.92 Å². The largest absolute Gasteiger partial charge is 0.392 e. The molecule has 2 rings (SSSR count). The summed E-state index contributed by atoms with van der Waals surface area (Å²) in [6.45, 7) is 1.68. The van der Waals surface area contributed by atoms with E-state index in [2.05, 4.69) is 4.72 Å². The summed E-state index contributed by atoms with van der Waals surface area (Å²) in [5, 5.41) is 9.23. The smallest absolute Gasteiger partial charge is 0.263 e. The van der Waals surface area contributed by atoms with Crippen molar-refractivity contribution >= 4 is 27.3 Å². The van der Waals surface area contributed by atoms with Crippen molar-refractivity contribution in [2.24, 2.45) is 0 Å². The summed E-state index contributed by atoms with van der Waals surface area (Å²) >= 11 is 5.98. The fraction of sp³-hybridized carbons (Fsp3) is 0.143. The van der Waals surface area contributed by atoms with E-state index in [0.29, 0.717) is 11.3 Å². The Labute approximate surface area is 123 Å². The molecule has 0 saturated heterocycles. The van der Waals surface area contributed by atoms with Gasteiger partial charge in [0, 0.05) is 5.69 Å². The normalized spacial score (nSPS) is 11.3. The van der Waals surface area contributed by atoms with Crippen LogP contribution in [0.3, 0.4) is 0 Å². The van der Waals surface area contributed by atoms with Gasteiger partial charge in [-0.25, -0.2) is 8.42 Å². The molecular weight excluding hydrogens is 298 g/mol. The molecule has 0 aromatic heterocycles. The molecule has 0 bridgehead atoms. The topological polar surface area (TPSA) is 66.4 Å². The number of aliphatic hydroxyl groups is 1. The minimum absolute atomic E-state index is 0.0270. The van der Waals surface area contributed by atoms with Crippen LogP contribution in [0.1, 0.15) is 11.1 Å². The quantitative estimate of drug-likeness (QED) is 0.912. The number of aliphatic hydroxyl groups excluding tert-OH is 1. The molecular formula is C14H14ClNO3S. The van der Waals surface area contributed by atoms with Gasteiger partial charge in [0.15, 0.2) is 0 Å². The second-order valence-corrected chi connectivity index (χ2v) is 6.46. The van der Waals surface area contributed by atoms with Crippen molar-refractivity contribution < 1.29 is 13.5 Å². The minimum atomic E-state index is -3.75. The third-order valence-electron chi connectivity index (χ3n) is 2.74. The summed E-state index contributed by atoms with van der Waals surface area (Å²) in [5.74, 6) is 0. The zero-order valence-electron chi connectivity index (χ0n) is 10.8. The van der Waals surface area contributed by atoms with Crippen LogP contribution in [0.4, 0.5) is 5.69 Å². The Morgan fingerprint density at radius 2 is 1.95 bits per heavy atom. The predicted molar refractivity (Wildman–Crippen MR) is 79.4 cm³/mol. The number of anilines is 1. The molecule has 6 heteroatoms. The van der Waals surface area contributed by atoms with Crippen LogP contribution >= 0.6 is 11.6 Å². The van der Waals surface area contributed by atoms with Crippen LogP contribution in [-0.2, 0) is 16.6 Å². The number of nitrogens with one attached hydrogen (secondary N) is 1. The number of rotatable bonds is 4. The molecule has 2 aromatic carbocycles. The van der Waals surface area contributed by atoms with E-state index in [9.17, 15) is 8.42 Å². The molecule has 0 amide bonds. The van der Waals surface area contributed by atoms with Crippen molar-refractivity contribution in [2.75, 3.05) is 4.72 Å². The van der Waals surface area contributed by atoms with Crippen molar-refractivity contribution in [2.45, 2.75) is 18.4 Å². The second kappa shape index (κ2) is 5.83. The lowest BCUT2D eigenvalue weighted by atomic mass is 10.2. The Hall–Kier alpha value is -1.56. The molecule has 4 nitrogen and oxygen atoms in total. The molecule has 2 N–H and O–H groups in total. The summed E-state index contributed by atoms with van der Waals surface area (Å²) in [6, 6.07) is 11.3. The van der Waals surface area contributed by atoms with Gasteiger partial charge in [0.25, 0.3) is 10.0 Å². The van der Waals surface area contributed by atoms with E-state index in [1.54, 1.807) is 36.4 Å². The van der Waals surface area contributed by atoms with E-state index < -0.39 is 10.0 Å². The summed E-state index contributed by atoms with van der Waals surface area (Å²) in [4.78, 5) is 0.0270. The number of hydrogen-bond acceptors (Lipinski definition) is 3. The Bertz CT molecular complexity index is 729. The molecule has 0 unspecified atom stereocenters. The first-order valence-electron chi connectivity index (χ1n) is 5.91. The third kappa shape index (κ3) is 3.30. The van der Waals surface area contributed by atoms with Gasteiger partial charge in [-0.05, 0) is 42.3 Å². The van der Waals surface area contributed by atoms with Crippen molar-refractivity contribution in [3.63, 3.8) is 0 Å². The average molecular weight is 312 g/mol. The van der Waals surface area contributed by atoms with Crippen LogP contribution in [0.5, 0.6) is 0 Å². The molecule has 0 spiro atoms. The SMILES string of the molecule is Cc1ccc(S(=O)(=O)Nc2cccc(CO)c2)c(Cl)c1. The number of halogens is 1. The van der Waals surface area contributed by atoms with E-state index in [-0.39, 0.29) is 16.5 Å². The lowest BCUT2D eigenvalue weighted by Gasteiger charge is -2.10. The molecule has 0 aliphatic rings. The van der Waals surface area contributed by atoms with Crippen LogP contribution in [0.2, 0.25) is 5.02 Å². The van der Waals surface area contributed by atoms with E-state index in [0.717, 1.165) is 5.56 Å². The van der Waals surface area contributed by atoms with Gasteiger partial charge >= 0.3 is 0 Å². The van der Waals surface area contributed by atoms with Crippen LogP contribution in [0.15, 0.2) is 47.4 Å². The van der Waals surface area contributed by atoms with Gasteiger partial charge in [-0.3, -0.25) is 4.72 Å². The maximum atomic E-state index is 12.3. The second-order valence-electron chi connectivity index (χ2n) is 4.40. The van der Waals surface area contributed by atoms with Gasteiger partial charge in [0.2, 0.25) is 0 Å². The lowest BCUT2D eigenvalue weighted by Crippen LogP contribution is -2.13. The predicted octanol–water partition coefficient (Wildman–Crippen LogP) is 2.94. The van der Waals surface area contributed by atoms with E-state index in [1.165, 1.54) is 6.07 Å². The fourth-order valence-corrected chi connectivity index (χ4v) is 3.42. The van der Waals surface area contributed by atoms with Gasteiger partial charge in [-0.2, -0.15) is 0 Å². The van der Waals surface area contributed by atoms with Crippen LogP contribution in [-0.4, -0.2) is 13.5 Å². The lowest BCUT2D eigenvalue weighted by molar-refractivity contribution is 0.282. The van der Waals surface area contributed by atoms with Gasteiger partial charge < -0.3 is 5.11 Å². The maximum absolute atomic E-state index is 12.3. The minimum Gasteiger partial charge on any atom is -0.392 e. The van der Waals surface area contributed by atoms with Gasteiger partial charge in [0.05, 0.1) is 11.6 Å². The van der Waals surface area contributed by atoms with Gasteiger partial charge in [0.1, 0.15) is 4.90 Å². The Kier molecular flexibility index (Phi) is 4.32. The van der Waals surface area contributed by atoms with E-state index >= 15 is 0 Å². The number of aryl methyl sites for hydroxylation is 1. The first kappa shape index (κ1) is 14.8. The molecule has 20 heavy (non-hydrogen) atoms. The highest BCUT2D eigenvalue weighted by Gasteiger charge is 2.18. The van der Waals surface area contributed by atoms with E-state index in [4.69, 9.17) is 16.7 Å². The van der Waals surface area contributed by atoms with Gasteiger partial charge in [-0.15, -0.1) is 0 Å². The van der Waals surface area contributed by atoms with Crippen LogP contribution in [0.25, 0.3) is 0 Å². The summed E-state index contributed by atoms with van der Waals surface area (Å²) in [7, 11) is -3.75. The average Bonchev–Trinajstić information content (AvgIpc) is 2.37.